The topological polar surface area (TPSA) is 77.0 Å². The zero-order valence-corrected chi connectivity index (χ0v) is 9.62. The number of nitrogen functional groups attached to an aromatic ring is 1. The molecule has 0 aliphatic rings. The van der Waals surface area contributed by atoms with Gasteiger partial charge in [0, 0.05) is 5.56 Å². The van der Waals surface area contributed by atoms with Crippen LogP contribution in [0.25, 0.3) is 0 Å². The van der Waals surface area contributed by atoms with Crippen molar-refractivity contribution >= 4 is 17.6 Å². The molecule has 0 aromatic carbocycles. The van der Waals surface area contributed by atoms with E-state index in [1.807, 2.05) is 19.1 Å². The molecule has 0 amide bonds. The SMILES string of the molecule is Cc1c(NN)ncnc1SCc1ccco1. The maximum Gasteiger partial charge on any atom is 0.147 e. The summed E-state index contributed by atoms with van der Waals surface area (Å²) in [4.78, 5) is 8.22. The van der Waals surface area contributed by atoms with Crippen molar-refractivity contribution in [1.29, 1.82) is 0 Å². The molecule has 5 nitrogen and oxygen atoms in total. The predicted molar refractivity (Wildman–Crippen MR) is 62.8 cm³/mol. The van der Waals surface area contributed by atoms with Gasteiger partial charge in [-0.15, -0.1) is 0 Å². The molecular weight excluding hydrogens is 224 g/mol. The van der Waals surface area contributed by atoms with Crippen LogP contribution in [-0.4, -0.2) is 9.97 Å². The van der Waals surface area contributed by atoms with Crippen LogP contribution in [0.15, 0.2) is 34.2 Å². The first kappa shape index (κ1) is 11.0. The second-order valence-electron chi connectivity index (χ2n) is 3.16. The summed E-state index contributed by atoms with van der Waals surface area (Å²) in [5, 5.41) is 0.902. The number of rotatable bonds is 4. The van der Waals surface area contributed by atoms with Crippen LogP contribution in [0, 0.1) is 6.92 Å². The first-order valence-electron chi connectivity index (χ1n) is 4.74. The number of thioether (sulfide) groups is 1. The van der Waals surface area contributed by atoms with E-state index >= 15 is 0 Å². The van der Waals surface area contributed by atoms with Crippen LogP contribution in [-0.2, 0) is 5.75 Å². The van der Waals surface area contributed by atoms with Crippen LogP contribution in [0.2, 0.25) is 0 Å². The number of furan rings is 1. The fraction of sp³-hybridized carbons (Fsp3) is 0.200. The van der Waals surface area contributed by atoms with Gasteiger partial charge in [-0.2, -0.15) is 0 Å². The van der Waals surface area contributed by atoms with Gasteiger partial charge in [0.2, 0.25) is 0 Å². The van der Waals surface area contributed by atoms with Crippen LogP contribution < -0.4 is 11.3 Å². The van der Waals surface area contributed by atoms with Gasteiger partial charge < -0.3 is 9.84 Å². The van der Waals surface area contributed by atoms with E-state index in [0.717, 1.165) is 22.1 Å². The maximum absolute atomic E-state index is 5.34. The van der Waals surface area contributed by atoms with E-state index in [4.69, 9.17) is 10.3 Å². The molecule has 16 heavy (non-hydrogen) atoms. The number of anilines is 1. The molecule has 0 atom stereocenters. The lowest BCUT2D eigenvalue weighted by molar-refractivity contribution is 0.530. The highest BCUT2D eigenvalue weighted by atomic mass is 32.2. The standard InChI is InChI=1S/C10H12N4OS/c1-7-9(14-11)12-6-13-10(7)16-5-8-3-2-4-15-8/h2-4,6H,5,11H2,1H3,(H,12,13,14). The molecule has 0 fully saturated rings. The highest BCUT2D eigenvalue weighted by molar-refractivity contribution is 7.98. The lowest BCUT2D eigenvalue weighted by atomic mass is 10.3. The second kappa shape index (κ2) is 5.00. The molecule has 0 aliphatic carbocycles. The predicted octanol–water partition coefficient (Wildman–Crippen LogP) is 1.96. The zero-order valence-electron chi connectivity index (χ0n) is 8.80. The molecule has 0 bridgehead atoms. The third-order valence-corrected chi connectivity index (χ3v) is 3.22. The Hall–Kier alpha value is -1.53. The number of nitrogens with zero attached hydrogens (tertiary/aromatic N) is 2. The van der Waals surface area contributed by atoms with Crippen molar-refractivity contribution in [2.24, 2.45) is 5.84 Å². The van der Waals surface area contributed by atoms with Gasteiger partial charge in [0.05, 0.1) is 12.0 Å². The minimum Gasteiger partial charge on any atom is -0.468 e. The molecule has 0 radical (unpaired) electrons. The largest absolute Gasteiger partial charge is 0.468 e. The third kappa shape index (κ3) is 2.34. The van der Waals surface area contributed by atoms with E-state index in [2.05, 4.69) is 15.4 Å². The molecule has 84 valence electrons. The summed E-state index contributed by atoms with van der Waals surface area (Å²) in [7, 11) is 0. The lowest BCUT2D eigenvalue weighted by Gasteiger charge is -2.07. The number of hydrazine groups is 1. The Balaban J connectivity index is 2.09. The van der Waals surface area contributed by atoms with Crippen molar-refractivity contribution in [2.75, 3.05) is 5.43 Å². The van der Waals surface area contributed by atoms with Crippen molar-refractivity contribution in [3.05, 3.63) is 36.0 Å². The van der Waals surface area contributed by atoms with Gasteiger partial charge in [-0.3, -0.25) is 0 Å². The Morgan fingerprint density at radius 1 is 1.50 bits per heavy atom. The number of nitrogens with two attached hydrogens (primary N) is 1. The molecule has 2 rings (SSSR count). The van der Waals surface area contributed by atoms with Crippen molar-refractivity contribution in [1.82, 2.24) is 9.97 Å². The summed E-state index contributed by atoms with van der Waals surface area (Å²) in [6.07, 6.45) is 3.16. The normalized spacial score (nSPS) is 10.4. The minimum absolute atomic E-state index is 0.650. The summed E-state index contributed by atoms with van der Waals surface area (Å²) >= 11 is 1.59. The van der Waals surface area contributed by atoms with Crippen LogP contribution in [0.4, 0.5) is 5.82 Å². The van der Waals surface area contributed by atoms with Crippen molar-refractivity contribution in [3.8, 4) is 0 Å². The smallest absolute Gasteiger partial charge is 0.147 e. The van der Waals surface area contributed by atoms with Crippen molar-refractivity contribution in [3.63, 3.8) is 0 Å². The second-order valence-corrected chi connectivity index (χ2v) is 4.13. The molecule has 2 heterocycles. The van der Waals surface area contributed by atoms with Crippen molar-refractivity contribution in [2.45, 2.75) is 17.7 Å². The van der Waals surface area contributed by atoms with Gasteiger partial charge in [0.1, 0.15) is 22.9 Å². The Bertz CT molecular complexity index is 458. The van der Waals surface area contributed by atoms with Crippen molar-refractivity contribution < 1.29 is 4.42 Å². The van der Waals surface area contributed by atoms with Gasteiger partial charge in [0.15, 0.2) is 0 Å². The van der Waals surface area contributed by atoms with Gasteiger partial charge in [-0.1, -0.05) is 11.8 Å². The monoisotopic (exact) mass is 236 g/mol. The Kier molecular flexibility index (Phi) is 3.43. The first-order valence-corrected chi connectivity index (χ1v) is 5.73. The maximum atomic E-state index is 5.34. The van der Waals surface area contributed by atoms with Gasteiger partial charge in [-0.25, -0.2) is 15.8 Å². The van der Waals surface area contributed by atoms with E-state index in [-0.39, 0.29) is 0 Å². The summed E-state index contributed by atoms with van der Waals surface area (Å²) < 4.78 is 5.25. The molecule has 3 N–H and O–H groups in total. The summed E-state index contributed by atoms with van der Waals surface area (Å²) in [6.45, 7) is 1.93. The third-order valence-electron chi connectivity index (χ3n) is 2.11. The quantitative estimate of drug-likeness (QED) is 0.366. The van der Waals surface area contributed by atoms with E-state index in [9.17, 15) is 0 Å². The number of hydrogen-bond acceptors (Lipinski definition) is 6. The van der Waals surface area contributed by atoms with Crippen LogP contribution in [0.5, 0.6) is 0 Å². The van der Waals surface area contributed by atoms with Crippen LogP contribution in [0.3, 0.4) is 0 Å². The van der Waals surface area contributed by atoms with Gasteiger partial charge >= 0.3 is 0 Å². The fourth-order valence-electron chi connectivity index (χ4n) is 1.26. The molecule has 0 aliphatic heterocycles. The highest BCUT2D eigenvalue weighted by Gasteiger charge is 2.07. The summed E-state index contributed by atoms with van der Waals surface area (Å²) in [5.74, 6) is 7.66. The number of nitrogens with one attached hydrogen (secondary N) is 1. The lowest BCUT2D eigenvalue weighted by Crippen LogP contribution is -2.10. The molecule has 0 saturated heterocycles. The van der Waals surface area contributed by atoms with Crippen LogP contribution in [0.1, 0.15) is 11.3 Å². The minimum atomic E-state index is 0.650. The molecule has 6 heteroatoms. The number of aromatic nitrogens is 2. The van der Waals surface area contributed by atoms with E-state index < -0.39 is 0 Å². The average molecular weight is 236 g/mol. The summed E-state index contributed by atoms with van der Waals surface area (Å²) in [5.41, 5.74) is 3.49. The van der Waals surface area contributed by atoms with Gasteiger partial charge in [0.25, 0.3) is 0 Å². The van der Waals surface area contributed by atoms with E-state index in [1.165, 1.54) is 6.33 Å². The highest BCUT2D eigenvalue weighted by Crippen LogP contribution is 2.26. The molecular formula is C10H12N4OS. The Morgan fingerprint density at radius 2 is 2.38 bits per heavy atom. The fourth-order valence-corrected chi connectivity index (χ4v) is 2.14. The molecule has 2 aromatic heterocycles. The molecule has 0 spiro atoms. The number of hydrogen-bond donors (Lipinski definition) is 2. The molecule has 0 saturated carbocycles. The Labute approximate surface area is 97.4 Å². The average Bonchev–Trinajstić information content (AvgIpc) is 2.81. The summed E-state index contributed by atoms with van der Waals surface area (Å²) in [6, 6.07) is 3.81. The molecule has 2 aromatic rings. The zero-order chi connectivity index (χ0) is 11.4. The Morgan fingerprint density at radius 3 is 3.06 bits per heavy atom. The van der Waals surface area contributed by atoms with Crippen LogP contribution >= 0.6 is 11.8 Å². The first-order chi connectivity index (χ1) is 7.81. The van der Waals surface area contributed by atoms with E-state index in [0.29, 0.717) is 5.82 Å². The van der Waals surface area contributed by atoms with E-state index in [1.54, 1.807) is 18.0 Å². The molecule has 0 unspecified atom stereocenters. The van der Waals surface area contributed by atoms with Gasteiger partial charge in [-0.05, 0) is 19.1 Å².